The van der Waals surface area contributed by atoms with Crippen molar-refractivity contribution in [1.29, 1.82) is 0 Å². The molecule has 2 heterocycles. The quantitative estimate of drug-likeness (QED) is 0.223. The van der Waals surface area contributed by atoms with Gasteiger partial charge in [-0.2, -0.15) is 0 Å². The molecule has 0 atom stereocenters. The van der Waals surface area contributed by atoms with Gasteiger partial charge in [-0.3, -0.25) is 4.98 Å². The summed E-state index contributed by atoms with van der Waals surface area (Å²) in [5.74, 6) is 0. The fourth-order valence-corrected chi connectivity index (χ4v) is 7.41. The number of fused-ring (bicyclic) bond motifs is 6. The summed E-state index contributed by atoms with van der Waals surface area (Å²) < 4.78 is 71.0. The van der Waals surface area contributed by atoms with E-state index in [1.807, 2.05) is 32.9 Å². The van der Waals surface area contributed by atoms with E-state index in [-0.39, 0.29) is 41.0 Å². The monoisotopic (exact) mass is 499 g/mol. The van der Waals surface area contributed by atoms with E-state index in [9.17, 15) is 1.37 Å². The number of thiophene rings is 1. The van der Waals surface area contributed by atoms with Gasteiger partial charge in [0.1, 0.15) is 0 Å². The molecule has 0 saturated heterocycles. The second-order valence-electron chi connectivity index (χ2n) is 12.6. The smallest absolute Gasteiger partial charge is 0.0880 e. The van der Waals surface area contributed by atoms with E-state index in [2.05, 4.69) is 27.7 Å². The summed E-state index contributed by atoms with van der Waals surface area (Å²) in [6.07, 6.45) is 3.58. The number of benzene rings is 3. The van der Waals surface area contributed by atoms with Crippen LogP contribution in [0.25, 0.3) is 42.2 Å². The lowest BCUT2D eigenvalue weighted by Crippen LogP contribution is -2.34. The highest BCUT2D eigenvalue weighted by Gasteiger charge is 2.39. The number of pyridine rings is 1. The predicted octanol–water partition coefficient (Wildman–Crippen LogP) is 10.2. The van der Waals surface area contributed by atoms with Crippen molar-refractivity contribution in [1.82, 2.24) is 4.98 Å². The Bertz CT molecular complexity index is 2040. The molecule has 0 aliphatic heterocycles. The highest BCUT2D eigenvalue weighted by molar-refractivity contribution is 7.26. The Labute approximate surface area is 230 Å². The highest BCUT2D eigenvalue weighted by Crippen LogP contribution is 2.53. The van der Waals surface area contributed by atoms with Gasteiger partial charge in [-0.15, -0.1) is 11.3 Å². The third kappa shape index (κ3) is 3.44. The van der Waals surface area contributed by atoms with E-state index >= 15 is 0 Å². The molecule has 6 rings (SSSR count). The SMILES string of the molecule is [2H]c1c([2H])c([2H])c2c(C(C)(C)C)c([2H])c(-c3nccc4c3sc3c5c(cc(C([2H])([2H])[2H])c34)C(C)(C)CCC5(C)C)cc2c1[2H]. The molecule has 0 N–H and O–H groups in total. The van der Waals surface area contributed by atoms with Gasteiger partial charge in [0.2, 0.25) is 0 Å². The zero-order valence-electron chi connectivity index (χ0n) is 30.1. The van der Waals surface area contributed by atoms with Gasteiger partial charge in [0.15, 0.2) is 0 Å². The van der Waals surface area contributed by atoms with Crippen molar-refractivity contribution < 1.29 is 11.0 Å². The van der Waals surface area contributed by atoms with Gasteiger partial charge in [0, 0.05) is 31.3 Å². The maximum Gasteiger partial charge on any atom is 0.0880 e. The molecular weight excluding hydrogens is 454 g/mol. The minimum absolute atomic E-state index is 0.154. The molecule has 0 bridgehead atoms. The number of hydrogen-bond donors (Lipinski definition) is 0. The van der Waals surface area contributed by atoms with Gasteiger partial charge in [-0.05, 0) is 87.1 Å². The third-order valence-electron chi connectivity index (χ3n) is 7.96. The zero-order valence-corrected chi connectivity index (χ0v) is 22.9. The van der Waals surface area contributed by atoms with Gasteiger partial charge < -0.3 is 0 Å². The fourth-order valence-electron chi connectivity index (χ4n) is 5.86. The Balaban J connectivity index is 1.82. The Morgan fingerprint density at radius 3 is 2.47 bits per heavy atom. The van der Waals surface area contributed by atoms with Gasteiger partial charge in [0.05, 0.1) is 17.2 Å². The topological polar surface area (TPSA) is 12.9 Å². The molecule has 2 aromatic heterocycles. The van der Waals surface area contributed by atoms with Crippen LogP contribution in [0.15, 0.2) is 54.6 Å². The number of nitrogens with zero attached hydrogens (tertiary/aromatic N) is 1. The first-order chi connectivity index (χ1) is 20.2. The minimum Gasteiger partial charge on any atom is -0.255 e. The molecule has 0 spiro atoms. The lowest BCUT2D eigenvalue weighted by Gasteiger charge is -2.42. The summed E-state index contributed by atoms with van der Waals surface area (Å²) >= 11 is 1.52. The first-order valence-corrected chi connectivity index (χ1v) is 13.4. The van der Waals surface area contributed by atoms with Crippen molar-refractivity contribution >= 4 is 42.3 Å². The van der Waals surface area contributed by atoms with Crippen LogP contribution in [0, 0.1) is 6.85 Å². The number of rotatable bonds is 1. The molecule has 2 heteroatoms. The molecule has 1 aliphatic rings. The predicted molar refractivity (Wildman–Crippen MR) is 159 cm³/mol. The molecule has 0 fully saturated rings. The van der Waals surface area contributed by atoms with E-state index < -0.39 is 12.3 Å². The van der Waals surface area contributed by atoms with Crippen LogP contribution in [0.4, 0.5) is 0 Å². The summed E-state index contributed by atoms with van der Waals surface area (Å²) in [7, 11) is 0. The lowest BCUT2D eigenvalue weighted by atomic mass is 9.62. The van der Waals surface area contributed by atoms with Crippen molar-refractivity contribution in [2.45, 2.75) is 84.4 Å². The standard InChI is InChI=1S/C34H37NS/c1-20-17-26-28(34(7,8)15-14-33(26,5)6)31-27(20)24-13-16-35-29(30(24)36-31)22-18-21-11-9-10-12-23(21)25(19-22)32(2,3)4/h9-13,16-19H,14-15H2,1-8H3/i1D3,9D,10D,11D,12D,19D. The molecule has 1 nitrogen and oxygen atoms in total. The lowest BCUT2D eigenvalue weighted by molar-refractivity contribution is 0.334. The first-order valence-electron chi connectivity index (χ1n) is 16.6. The van der Waals surface area contributed by atoms with Crippen LogP contribution in [-0.4, -0.2) is 4.98 Å². The molecule has 0 unspecified atom stereocenters. The Morgan fingerprint density at radius 1 is 0.972 bits per heavy atom. The summed E-state index contributed by atoms with van der Waals surface area (Å²) in [5, 5.41) is 2.18. The van der Waals surface area contributed by atoms with E-state index in [0.717, 1.165) is 33.2 Å². The van der Waals surface area contributed by atoms with Crippen molar-refractivity contribution in [3.63, 3.8) is 0 Å². The van der Waals surface area contributed by atoms with Gasteiger partial charge in [0.25, 0.3) is 0 Å². The number of hydrogen-bond acceptors (Lipinski definition) is 2. The molecule has 0 radical (unpaired) electrons. The fraction of sp³-hybridized carbons (Fsp3) is 0.382. The average molecular weight is 500 g/mol. The van der Waals surface area contributed by atoms with E-state index in [0.29, 0.717) is 38.5 Å². The van der Waals surface area contributed by atoms with Crippen molar-refractivity contribution in [2.24, 2.45) is 0 Å². The molecule has 1 aliphatic carbocycles. The maximum absolute atomic E-state index is 9.45. The maximum atomic E-state index is 9.45. The van der Waals surface area contributed by atoms with Crippen LogP contribution in [0.2, 0.25) is 0 Å². The number of aromatic nitrogens is 1. The van der Waals surface area contributed by atoms with E-state index in [1.54, 1.807) is 12.3 Å². The Morgan fingerprint density at radius 2 is 1.72 bits per heavy atom. The van der Waals surface area contributed by atoms with Gasteiger partial charge >= 0.3 is 0 Å². The van der Waals surface area contributed by atoms with Crippen LogP contribution in [-0.2, 0) is 16.2 Å². The summed E-state index contributed by atoms with van der Waals surface area (Å²) in [6.45, 7) is 12.3. The minimum atomic E-state index is -2.34. The van der Waals surface area contributed by atoms with Crippen molar-refractivity contribution in [2.75, 3.05) is 0 Å². The summed E-state index contributed by atoms with van der Waals surface area (Å²) in [6, 6.07) is 4.66. The third-order valence-corrected chi connectivity index (χ3v) is 9.19. The van der Waals surface area contributed by atoms with Crippen molar-refractivity contribution in [3.8, 4) is 11.3 Å². The van der Waals surface area contributed by atoms with Crippen LogP contribution < -0.4 is 0 Å². The number of aryl methyl sites for hydroxylation is 1. The molecule has 3 aromatic carbocycles. The summed E-state index contributed by atoms with van der Waals surface area (Å²) in [4.78, 5) is 4.78. The molecule has 0 amide bonds. The van der Waals surface area contributed by atoms with Crippen LogP contribution in [0.5, 0.6) is 0 Å². The molecule has 36 heavy (non-hydrogen) atoms. The molecule has 0 saturated carbocycles. The Kier molecular flexibility index (Phi) is 3.44. The summed E-state index contributed by atoms with van der Waals surface area (Å²) in [5.41, 5.74) is 3.13. The zero-order chi connectivity index (χ0) is 32.5. The van der Waals surface area contributed by atoms with E-state index in [4.69, 9.17) is 14.6 Å². The van der Waals surface area contributed by atoms with Crippen LogP contribution >= 0.6 is 11.3 Å². The van der Waals surface area contributed by atoms with Crippen molar-refractivity contribution in [3.05, 3.63) is 76.9 Å². The highest BCUT2D eigenvalue weighted by atomic mass is 32.1. The largest absolute Gasteiger partial charge is 0.255 e. The van der Waals surface area contributed by atoms with Gasteiger partial charge in [-0.1, -0.05) is 78.7 Å². The average Bonchev–Trinajstić information content (AvgIpc) is 3.30. The van der Waals surface area contributed by atoms with Crippen LogP contribution in [0.3, 0.4) is 0 Å². The molecular formula is C34H37NS. The molecule has 184 valence electrons. The second-order valence-corrected chi connectivity index (χ2v) is 13.6. The van der Waals surface area contributed by atoms with Crippen LogP contribution in [0.1, 0.15) is 94.5 Å². The van der Waals surface area contributed by atoms with Gasteiger partial charge in [-0.25, -0.2) is 0 Å². The van der Waals surface area contributed by atoms with E-state index in [1.165, 1.54) is 16.9 Å². The molecule has 5 aromatic rings. The second kappa shape index (κ2) is 7.65. The normalized spacial score (nSPS) is 20.6. The first kappa shape index (κ1) is 16.2. The Hall–Kier alpha value is -2.71.